The summed E-state index contributed by atoms with van der Waals surface area (Å²) in [7, 11) is 1.89. The smallest absolute Gasteiger partial charge is 0.293 e. The van der Waals surface area contributed by atoms with Gasteiger partial charge in [-0.2, -0.15) is 0 Å². The van der Waals surface area contributed by atoms with Gasteiger partial charge in [-0.3, -0.25) is 10.1 Å². The van der Waals surface area contributed by atoms with Gasteiger partial charge in [0, 0.05) is 30.7 Å². The van der Waals surface area contributed by atoms with Gasteiger partial charge in [0.15, 0.2) is 0 Å². The molecule has 1 fully saturated rings. The van der Waals surface area contributed by atoms with Gasteiger partial charge in [0.1, 0.15) is 5.69 Å². The number of halogens is 1. The van der Waals surface area contributed by atoms with E-state index in [9.17, 15) is 10.1 Å². The molecule has 1 aromatic carbocycles. The number of anilines is 1. The van der Waals surface area contributed by atoms with Crippen LogP contribution in [0.5, 0.6) is 0 Å². The lowest BCUT2D eigenvalue weighted by atomic mass is 10.0. The Balaban J connectivity index is 2.13. The van der Waals surface area contributed by atoms with Crippen LogP contribution < -0.4 is 4.90 Å². The molecule has 0 bridgehead atoms. The number of benzene rings is 1. The Hall–Kier alpha value is -1.14. The number of rotatable bonds is 4. The fraction of sp³-hybridized carbons (Fsp3) is 0.538. The lowest BCUT2D eigenvalue weighted by Gasteiger charge is -2.28. The molecule has 0 spiro atoms. The molecule has 104 valence electrons. The van der Waals surface area contributed by atoms with E-state index in [4.69, 9.17) is 4.74 Å². The molecule has 1 aromatic rings. The first kappa shape index (κ1) is 14.3. The van der Waals surface area contributed by atoms with Gasteiger partial charge in [-0.1, -0.05) is 15.9 Å². The summed E-state index contributed by atoms with van der Waals surface area (Å²) in [5, 5.41) is 11.1. The Bertz CT molecular complexity index is 461. The molecule has 0 N–H and O–H groups in total. The highest BCUT2D eigenvalue weighted by molar-refractivity contribution is 9.10. The predicted octanol–water partition coefficient (Wildman–Crippen LogP) is 3.22. The third-order valence-corrected chi connectivity index (χ3v) is 3.83. The van der Waals surface area contributed by atoms with Crippen molar-refractivity contribution in [3.05, 3.63) is 32.8 Å². The summed E-state index contributed by atoms with van der Waals surface area (Å²) in [4.78, 5) is 12.7. The van der Waals surface area contributed by atoms with Crippen molar-refractivity contribution in [3.8, 4) is 0 Å². The van der Waals surface area contributed by atoms with Crippen LogP contribution in [0.1, 0.15) is 12.8 Å². The molecule has 0 amide bonds. The Labute approximate surface area is 120 Å². The van der Waals surface area contributed by atoms with Crippen molar-refractivity contribution in [2.24, 2.45) is 5.92 Å². The van der Waals surface area contributed by atoms with Crippen molar-refractivity contribution in [1.29, 1.82) is 0 Å². The second kappa shape index (κ2) is 6.34. The molecule has 6 heteroatoms. The average molecular weight is 329 g/mol. The van der Waals surface area contributed by atoms with Gasteiger partial charge in [0.2, 0.25) is 0 Å². The van der Waals surface area contributed by atoms with E-state index < -0.39 is 0 Å². The monoisotopic (exact) mass is 328 g/mol. The zero-order valence-electron chi connectivity index (χ0n) is 10.8. The van der Waals surface area contributed by atoms with Crippen LogP contribution in [-0.4, -0.2) is 31.7 Å². The molecule has 0 saturated carbocycles. The van der Waals surface area contributed by atoms with E-state index in [0.29, 0.717) is 11.6 Å². The molecule has 1 atom stereocenters. The number of nitrogens with zero attached hydrogens (tertiary/aromatic N) is 2. The summed E-state index contributed by atoms with van der Waals surface area (Å²) in [5.74, 6) is 0.446. The van der Waals surface area contributed by atoms with Gasteiger partial charge in [-0.15, -0.1) is 0 Å². The Morgan fingerprint density at radius 1 is 1.58 bits per heavy atom. The number of hydrogen-bond donors (Lipinski definition) is 0. The standard InChI is InChI=1S/C13H17BrN2O3/c1-15(8-10-3-2-6-19-9-10)12-5-4-11(14)7-13(12)16(17)18/h4-5,7,10H,2-3,6,8-9H2,1H3. The molecule has 19 heavy (non-hydrogen) atoms. The molecule has 1 unspecified atom stereocenters. The quantitative estimate of drug-likeness (QED) is 0.629. The van der Waals surface area contributed by atoms with Crippen molar-refractivity contribution in [2.45, 2.75) is 12.8 Å². The molecule has 2 rings (SSSR count). The van der Waals surface area contributed by atoms with Crippen molar-refractivity contribution in [3.63, 3.8) is 0 Å². The van der Waals surface area contributed by atoms with Crippen LogP contribution in [0.15, 0.2) is 22.7 Å². The van der Waals surface area contributed by atoms with E-state index in [1.54, 1.807) is 12.1 Å². The summed E-state index contributed by atoms with van der Waals surface area (Å²) in [6.45, 7) is 2.36. The fourth-order valence-corrected chi connectivity index (χ4v) is 2.75. The normalized spacial score (nSPS) is 19.2. The Morgan fingerprint density at radius 2 is 2.37 bits per heavy atom. The lowest BCUT2D eigenvalue weighted by molar-refractivity contribution is -0.384. The fourth-order valence-electron chi connectivity index (χ4n) is 2.40. The third-order valence-electron chi connectivity index (χ3n) is 3.33. The highest BCUT2D eigenvalue weighted by atomic mass is 79.9. The molecule has 5 nitrogen and oxygen atoms in total. The number of nitro benzene ring substituents is 1. The van der Waals surface area contributed by atoms with Crippen LogP contribution in [-0.2, 0) is 4.74 Å². The summed E-state index contributed by atoms with van der Waals surface area (Å²) in [5.41, 5.74) is 0.785. The van der Waals surface area contributed by atoms with Gasteiger partial charge in [0.25, 0.3) is 5.69 Å². The van der Waals surface area contributed by atoms with E-state index >= 15 is 0 Å². The second-order valence-corrected chi connectivity index (χ2v) is 5.77. The minimum absolute atomic E-state index is 0.133. The second-order valence-electron chi connectivity index (χ2n) is 4.85. The zero-order valence-corrected chi connectivity index (χ0v) is 12.4. The Kier molecular flexibility index (Phi) is 4.76. The maximum atomic E-state index is 11.1. The van der Waals surface area contributed by atoms with Gasteiger partial charge >= 0.3 is 0 Å². The minimum atomic E-state index is -0.339. The van der Waals surface area contributed by atoms with Gasteiger partial charge in [-0.25, -0.2) is 0 Å². The van der Waals surface area contributed by atoms with Crippen molar-refractivity contribution in [1.82, 2.24) is 0 Å². The molecular formula is C13H17BrN2O3. The number of hydrogen-bond acceptors (Lipinski definition) is 4. The molecule has 0 aromatic heterocycles. The maximum Gasteiger partial charge on any atom is 0.293 e. The average Bonchev–Trinajstić information content (AvgIpc) is 2.39. The first-order valence-electron chi connectivity index (χ1n) is 6.30. The molecule has 1 saturated heterocycles. The number of ether oxygens (including phenoxy) is 1. The first-order valence-corrected chi connectivity index (χ1v) is 7.10. The highest BCUT2D eigenvalue weighted by Gasteiger charge is 2.21. The largest absolute Gasteiger partial charge is 0.381 e. The number of nitro groups is 1. The summed E-state index contributed by atoms with van der Waals surface area (Å²) in [6.07, 6.45) is 2.19. The van der Waals surface area contributed by atoms with E-state index in [-0.39, 0.29) is 10.6 Å². The molecule has 1 aliphatic rings. The predicted molar refractivity (Wildman–Crippen MR) is 77.6 cm³/mol. The maximum absolute atomic E-state index is 11.1. The summed E-state index contributed by atoms with van der Waals surface area (Å²) in [6, 6.07) is 5.16. The van der Waals surface area contributed by atoms with Crippen LogP contribution in [0.25, 0.3) is 0 Å². The highest BCUT2D eigenvalue weighted by Crippen LogP contribution is 2.31. The lowest BCUT2D eigenvalue weighted by Crippen LogP contribution is -2.31. The zero-order chi connectivity index (χ0) is 13.8. The SMILES string of the molecule is CN(CC1CCCOC1)c1ccc(Br)cc1[N+](=O)[O-]. The molecule has 0 aliphatic carbocycles. The molecule has 1 aliphatic heterocycles. The van der Waals surface area contributed by atoms with Crippen LogP contribution in [0.2, 0.25) is 0 Å². The van der Waals surface area contributed by atoms with Crippen LogP contribution in [0.4, 0.5) is 11.4 Å². The molecular weight excluding hydrogens is 312 g/mol. The minimum Gasteiger partial charge on any atom is -0.381 e. The molecule has 1 heterocycles. The van der Waals surface area contributed by atoms with Crippen LogP contribution in [0.3, 0.4) is 0 Å². The Morgan fingerprint density at radius 3 is 3.00 bits per heavy atom. The van der Waals surface area contributed by atoms with Crippen molar-refractivity contribution >= 4 is 27.3 Å². The van der Waals surface area contributed by atoms with Crippen LogP contribution >= 0.6 is 15.9 Å². The van der Waals surface area contributed by atoms with Gasteiger partial charge < -0.3 is 9.64 Å². The van der Waals surface area contributed by atoms with Crippen molar-refractivity contribution < 1.29 is 9.66 Å². The van der Waals surface area contributed by atoms with E-state index in [2.05, 4.69) is 15.9 Å². The molecule has 0 radical (unpaired) electrons. The van der Waals surface area contributed by atoms with E-state index in [1.807, 2.05) is 18.0 Å². The first-order chi connectivity index (χ1) is 9.08. The summed E-state index contributed by atoms with van der Waals surface area (Å²) >= 11 is 3.27. The summed E-state index contributed by atoms with van der Waals surface area (Å²) < 4.78 is 6.17. The van der Waals surface area contributed by atoms with Crippen molar-refractivity contribution in [2.75, 3.05) is 31.7 Å². The topological polar surface area (TPSA) is 55.6 Å². The third kappa shape index (κ3) is 3.67. The van der Waals surface area contributed by atoms with Gasteiger partial charge in [0.05, 0.1) is 11.5 Å². The van der Waals surface area contributed by atoms with Gasteiger partial charge in [-0.05, 0) is 30.9 Å². The van der Waals surface area contributed by atoms with Crippen LogP contribution in [0, 0.1) is 16.0 Å². The van der Waals surface area contributed by atoms with E-state index in [0.717, 1.165) is 37.1 Å². The van der Waals surface area contributed by atoms with E-state index in [1.165, 1.54) is 0 Å².